The van der Waals surface area contributed by atoms with Gasteiger partial charge in [-0.15, -0.1) is 0 Å². The third-order valence-electron chi connectivity index (χ3n) is 8.73. The maximum Gasteiger partial charge on any atom is 0.166 e. The van der Waals surface area contributed by atoms with E-state index in [9.17, 15) is 14.4 Å². The second kappa shape index (κ2) is 17.1. The fourth-order valence-corrected chi connectivity index (χ4v) is 6.32. The van der Waals surface area contributed by atoms with Gasteiger partial charge in [-0.05, 0) is 87.7 Å². The van der Waals surface area contributed by atoms with E-state index in [-0.39, 0.29) is 35.4 Å². The highest BCUT2D eigenvalue weighted by molar-refractivity contribution is 5.97. The van der Waals surface area contributed by atoms with E-state index in [2.05, 4.69) is 30.0 Å². The molecular weight excluding hydrogens is 515 g/mol. The molecule has 224 valence electrons. The molecule has 5 nitrogen and oxygen atoms in total. The minimum Gasteiger partial charge on any atom is -0.493 e. The molecule has 1 saturated heterocycles. The Kier molecular flexibility index (Phi) is 13.6. The number of unbranched alkanes of at least 4 members (excludes halogenated alkanes) is 6. The van der Waals surface area contributed by atoms with Gasteiger partial charge in [0.1, 0.15) is 5.82 Å². The quantitative estimate of drug-likeness (QED) is 0.142. The maximum atomic E-state index is 13.4. The van der Waals surface area contributed by atoms with Crippen molar-refractivity contribution in [1.82, 2.24) is 4.90 Å². The Morgan fingerprint density at radius 3 is 2.22 bits per heavy atom. The Hall–Kier alpha value is -2.91. The van der Waals surface area contributed by atoms with Crippen molar-refractivity contribution in [3.05, 3.63) is 59.4 Å². The van der Waals surface area contributed by atoms with Crippen molar-refractivity contribution in [2.75, 3.05) is 27.3 Å². The third kappa shape index (κ3) is 9.57. The summed E-state index contributed by atoms with van der Waals surface area (Å²) < 4.78 is 24.6. The molecule has 0 aliphatic carbocycles. The molecular formula is C35H49FN2O3. The molecule has 1 heterocycles. The van der Waals surface area contributed by atoms with Gasteiger partial charge in [-0.25, -0.2) is 4.39 Å². The van der Waals surface area contributed by atoms with Crippen LogP contribution >= 0.6 is 0 Å². The van der Waals surface area contributed by atoms with Crippen molar-refractivity contribution in [3.63, 3.8) is 0 Å². The van der Waals surface area contributed by atoms with E-state index in [0.29, 0.717) is 17.1 Å². The minimum atomic E-state index is -0.322. The Bertz CT molecular complexity index is 1110. The number of benzene rings is 2. The van der Waals surface area contributed by atoms with E-state index in [1.54, 1.807) is 26.4 Å². The number of ketones is 1. The van der Waals surface area contributed by atoms with Crippen molar-refractivity contribution in [3.8, 4) is 17.6 Å². The fourth-order valence-electron chi connectivity index (χ4n) is 6.32. The zero-order valence-electron chi connectivity index (χ0n) is 25.5. The summed E-state index contributed by atoms with van der Waals surface area (Å²) in [5.74, 6) is 1.23. The molecule has 0 aromatic heterocycles. The van der Waals surface area contributed by atoms with Gasteiger partial charge in [-0.1, -0.05) is 57.9 Å². The molecule has 0 N–H and O–H groups in total. The van der Waals surface area contributed by atoms with Gasteiger partial charge in [-0.3, -0.25) is 9.69 Å². The molecule has 1 aliphatic rings. The van der Waals surface area contributed by atoms with Crippen LogP contribution in [0.15, 0.2) is 42.5 Å². The number of halogens is 1. The summed E-state index contributed by atoms with van der Waals surface area (Å²) in [5.41, 5.74) is 1.76. The van der Waals surface area contributed by atoms with Gasteiger partial charge in [-0.2, -0.15) is 5.26 Å². The number of nitriles is 1. The lowest BCUT2D eigenvalue weighted by atomic mass is 9.79. The highest BCUT2D eigenvalue weighted by atomic mass is 19.1. The Morgan fingerprint density at radius 2 is 1.61 bits per heavy atom. The smallest absolute Gasteiger partial charge is 0.166 e. The molecule has 3 atom stereocenters. The lowest BCUT2D eigenvalue weighted by molar-refractivity contribution is 0.0733. The van der Waals surface area contributed by atoms with Gasteiger partial charge in [0.2, 0.25) is 0 Å². The summed E-state index contributed by atoms with van der Waals surface area (Å²) in [5, 5.41) is 9.77. The van der Waals surface area contributed by atoms with Crippen LogP contribution < -0.4 is 9.47 Å². The first-order chi connectivity index (χ1) is 19.9. The molecule has 0 spiro atoms. The van der Waals surface area contributed by atoms with Crippen LogP contribution in [0.2, 0.25) is 0 Å². The number of nitrogens with zero attached hydrogens (tertiary/aromatic N) is 2. The standard InChI is InChI=1S/C35H49FN2O3/c1-5-6-7-8-9-10-11-12-32(31(23-26(2)25-37)29-15-18-33(40-3)34(24-29)41-4)38-21-19-28(20-22-38)35(39)27-13-16-30(36)17-14-27/h13-18,24,26,28,31-32H,5-12,19-23H2,1-4H3. The molecule has 3 unspecified atom stereocenters. The van der Waals surface area contributed by atoms with Crippen molar-refractivity contribution < 1.29 is 18.7 Å². The van der Waals surface area contributed by atoms with Gasteiger partial charge in [0.15, 0.2) is 17.3 Å². The number of piperidine rings is 1. The van der Waals surface area contributed by atoms with E-state index in [1.807, 2.05) is 13.0 Å². The SMILES string of the molecule is CCCCCCCCCC(C(CC(C)C#N)c1ccc(OC)c(OC)c1)N1CCC(C(=O)c2ccc(F)cc2)CC1. The Morgan fingerprint density at radius 1 is 0.976 bits per heavy atom. The maximum absolute atomic E-state index is 13.4. The number of methoxy groups -OCH3 is 2. The molecule has 0 radical (unpaired) electrons. The third-order valence-corrected chi connectivity index (χ3v) is 8.73. The lowest BCUT2D eigenvalue weighted by Gasteiger charge is -2.42. The summed E-state index contributed by atoms with van der Waals surface area (Å²) in [6.45, 7) is 5.93. The molecule has 2 aromatic rings. The summed E-state index contributed by atoms with van der Waals surface area (Å²) in [6.07, 6.45) is 12.2. The van der Waals surface area contributed by atoms with Gasteiger partial charge in [0, 0.05) is 29.4 Å². The average molecular weight is 565 g/mol. The van der Waals surface area contributed by atoms with E-state index in [1.165, 1.54) is 56.2 Å². The number of carbonyl (C=O) groups excluding carboxylic acids is 1. The van der Waals surface area contributed by atoms with E-state index in [4.69, 9.17) is 9.47 Å². The number of hydrogen-bond donors (Lipinski definition) is 0. The predicted molar refractivity (Wildman–Crippen MR) is 163 cm³/mol. The molecule has 2 aromatic carbocycles. The van der Waals surface area contributed by atoms with Crippen molar-refractivity contribution in [1.29, 1.82) is 5.26 Å². The molecule has 1 fully saturated rings. The van der Waals surface area contributed by atoms with Gasteiger partial charge < -0.3 is 9.47 Å². The van der Waals surface area contributed by atoms with Gasteiger partial charge in [0.05, 0.1) is 20.3 Å². The highest BCUT2D eigenvalue weighted by Gasteiger charge is 2.34. The number of likely N-dealkylation sites (tertiary alicyclic amines) is 1. The van der Waals surface area contributed by atoms with Gasteiger partial charge >= 0.3 is 0 Å². The van der Waals surface area contributed by atoms with Crippen molar-refractivity contribution in [2.24, 2.45) is 11.8 Å². The van der Waals surface area contributed by atoms with Crippen LogP contribution in [0.1, 0.15) is 106 Å². The normalized spacial score (nSPS) is 16.5. The summed E-state index contributed by atoms with van der Waals surface area (Å²) >= 11 is 0. The zero-order valence-corrected chi connectivity index (χ0v) is 25.5. The predicted octanol–water partition coefficient (Wildman–Crippen LogP) is 8.58. The molecule has 1 aliphatic heterocycles. The molecule has 0 saturated carbocycles. The second-order valence-corrected chi connectivity index (χ2v) is 11.6. The largest absolute Gasteiger partial charge is 0.493 e. The van der Waals surface area contributed by atoms with Crippen molar-refractivity contribution >= 4 is 5.78 Å². The summed E-state index contributed by atoms with van der Waals surface area (Å²) in [6, 6.07) is 14.8. The van der Waals surface area contributed by atoms with E-state index in [0.717, 1.165) is 45.2 Å². The number of carbonyl (C=O) groups is 1. The molecule has 0 bridgehead atoms. The topological polar surface area (TPSA) is 62.6 Å². The monoisotopic (exact) mass is 564 g/mol. The molecule has 41 heavy (non-hydrogen) atoms. The minimum absolute atomic E-state index is 0.0477. The van der Waals surface area contributed by atoms with Crippen LogP contribution in [-0.2, 0) is 0 Å². The van der Waals surface area contributed by atoms with Crippen LogP contribution in [0.4, 0.5) is 4.39 Å². The van der Waals surface area contributed by atoms with Crippen molar-refractivity contribution in [2.45, 2.75) is 96.4 Å². The van der Waals surface area contributed by atoms with Gasteiger partial charge in [0.25, 0.3) is 0 Å². The summed E-state index contributed by atoms with van der Waals surface area (Å²) in [4.78, 5) is 15.7. The first-order valence-electron chi connectivity index (χ1n) is 15.6. The number of hydrogen-bond acceptors (Lipinski definition) is 5. The molecule has 6 heteroatoms. The summed E-state index contributed by atoms with van der Waals surface area (Å²) in [7, 11) is 3.31. The lowest BCUT2D eigenvalue weighted by Crippen LogP contribution is -2.46. The highest BCUT2D eigenvalue weighted by Crippen LogP contribution is 2.39. The molecule has 0 amide bonds. The van der Waals surface area contributed by atoms with Crippen LogP contribution in [0.5, 0.6) is 11.5 Å². The van der Waals surface area contributed by atoms with Crippen LogP contribution in [-0.4, -0.2) is 44.0 Å². The first-order valence-corrected chi connectivity index (χ1v) is 15.6. The molecule has 3 rings (SSSR count). The number of rotatable bonds is 17. The number of Topliss-reactive ketones (excluding diaryl/α,β-unsaturated/α-hetero) is 1. The average Bonchev–Trinajstić information content (AvgIpc) is 3.01. The Labute approximate surface area is 247 Å². The Balaban J connectivity index is 1.80. The number of ether oxygens (including phenoxy) is 2. The van der Waals surface area contributed by atoms with Crippen LogP contribution in [0, 0.1) is 29.0 Å². The van der Waals surface area contributed by atoms with E-state index >= 15 is 0 Å². The zero-order chi connectivity index (χ0) is 29.6. The van der Waals surface area contributed by atoms with Crippen LogP contribution in [0.3, 0.4) is 0 Å². The second-order valence-electron chi connectivity index (χ2n) is 11.6. The fraction of sp³-hybridized carbons (Fsp3) is 0.600. The first kappa shape index (κ1) is 32.6. The van der Waals surface area contributed by atoms with E-state index < -0.39 is 0 Å². The van der Waals surface area contributed by atoms with Crippen LogP contribution in [0.25, 0.3) is 0 Å².